The van der Waals surface area contributed by atoms with Crippen LogP contribution in [0.15, 0.2) is 40.9 Å². The lowest BCUT2D eigenvalue weighted by molar-refractivity contribution is 0.103. The first-order chi connectivity index (χ1) is 9.02. The third kappa shape index (κ3) is 2.81. The van der Waals surface area contributed by atoms with Crippen LogP contribution in [0.25, 0.3) is 0 Å². The van der Waals surface area contributed by atoms with Crippen LogP contribution in [-0.4, -0.2) is 12.9 Å². The summed E-state index contributed by atoms with van der Waals surface area (Å²) in [6.07, 6.45) is 0. The fourth-order valence-corrected chi connectivity index (χ4v) is 2.00. The summed E-state index contributed by atoms with van der Waals surface area (Å²) in [6.45, 7) is 0. The predicted octanol–water partition coefficient (Wildman–Crippen LogP) is 3.97. The Kier molecular flexibility index (Phi) is 3.95. The Hall–Kier alpha value is -1.75. The SMILES string of the molecule is COc1ccc(C(=O)c2cc(Br)ccc2F)cc1F. The topological polar surface area (TPSA) is 26.3 Å². The third-order valence-corrected chi connectivity index (χ3v) is 3.08. The Bertz CT molecular complexity index is 641. The van der Waals surface area contributed by atoms with Crippen molar-refractivity contribution < 1.29 is 18.3 Å². The smallest absolute Gasteiger partial charge is 0.196 e. The average Bonchev–Trinajstić information content (AvgIpc) is 2.40. The molecule has 0 fully saturated rings. The van der Waals surface area contributed by atoms with E-state index in [0.29, 0.717) is 4.47 Å². The van der Waals surface area contributed by atoms with Crippen LogP contribution in [0.1, 0.15) is 15.9 Å². The molecule has 0 amide bonds. The lowest BCUT2D eigenvalue weighted by atomic mass is 10.0. The van der Waals surface area contributed by atoms with Gasteiger partial charge in [-0.3, -0.25) is 4.79 Å². The van der Waals surface area contributed by atoms with Crippen LogP contribution in [0.3, 0.4) is 0 Å². The van der Waals surface area contributed by atoms with E-state index >= 15 is 0 Å². The maximum Gasteiger partial charge on any atom is 0.196 e. The Morgan fingerprint density at radius 1 is 1.11 bits per heavy atom. The summed E-state index contributed by atoms with van der Waals surface area (Å²) in [4.78, 5) is 12.1. The van der Waals surface area contributed by atoms with Gasteiger partial charge in [-0.15, -0.1) is 0 Å². The average molecular weight is 327 g/mol. The minimum Gasteiger partial charge on any atom is -0.494 e. The second-order valence-electron chi connectivity index (χ2n) is 3.80. The van der Waals surface area contributed by atoms with Crippen molar-refractivity contribution in [3.05, 3.63) is 63.6 Å². The normalized spacial score (nSPS) is 10.3. The summed E-state index contributed by atoms with van der Waals surface area (Å²) in [7, 11) is 1.33. The molecule has 2 aromatic rings. The summed E-state index contributed by atoms with van der Waals surface area (Å²) in [5, 5.41) is 0. The molecule has 0 heterocycles. The highest BCUT2D eigenvalue weighted by Crippen LogP contribution is 2.22. The molecule has 98 valence electrons. The van der Waals surface area contributed by atoms with Gasteiger partial charge in [-0.1, -0.05) is 15.9 Å². The number of rotatable bonds is 3. The molecule has 5 heteroatoms. The number of ether oxygens (including phenoxy) is 1. The molecule has 2 aromatic carbocycles. The highest BCUT2D eigenvalue weighted by molar-refractivity contribution is 9.10. The molecule has 2 nitrogen and oxygen atoms in total. The molecule has 0 aromatic heterocycles. The zero-order valence-electron chi connectivity index (χ0n) is 9.91. The molecule has 0 aliphatic heterocycles. The zero-order chi connectivity index (χ0) is 14.0. The maximum atomic E-state index is 13.6. The molecule has 0 spiro atoms. The second-order valence-corrected chi connectivity index (χ2v) is 4.72. The largest absolute Gasteiger partial charge is 0.494 e. The molecule has 0 unspecified atom stereocenters. The summed E-state index contributed by atoms with van der Waals surface area (Å²) >= 11 is 3.16. The van der Waals surface area contributed by atoms with Gasteiger partial charge in [0.25, 0.3) is 0 Å². The van der Waals surface area contributed by atoms with Crippen LogP contribution in [0.4, 0.5) is 8.78 Å². The lowest BCUT2D eigenvalue weighted by Crippen LogP contribution is -2.05. The Labute approximate surface area is 117 Å². The number of ketones is 1. The van der Waals surface area contributed by atoms with Crippen LogP contribution in [-0.2, 0) is 0 Å². The third-order valence-electron chi connectivity index (χ3n) is 2.59. The van der Waals surface area contributed by atoms with Gasteiger partial charge < -0.3 is 4.74 Å². The van der Waals surface area contributed by atoms with Gasteiger partial charge in [0.15, 0.2) is 17.3 Å². The molecule has 0 bridgehead atoms. The number of halogens is 3. The number of carbonyl (C=O) groups excluding carboxylic acids is 1. The van der Waals surface area contributed by atoms with E-state index in [-0.39, 0.29) is 16.9 Å². The second kappa shape index (κ2) is 5.48. The quantitative estimate of drug-likeness (QED) is 0.798. The van der Waals surface area contributed by atoms with Crippen molar-refractivity contribution in [3.63, 3.8) is 0 Å². The molecular formula is C14H9BrF2O2. The Morgan fingerprint density at radius 3 is 2.47 bits per heavy atom. The lowest BCUT2D eigenvalue weighted by Gasteiger charge is -2.06. The zero-order valence-corrected chi connectivity index (χ0v) is 11.5. The monoisotopic (exact) mass is 326 g/mol. The van der Waals surface area contributed by atoms with Crippen LogP contribution in [0.2, 0.25) is 0 Å². The molecule has 0 saturated heterocycles. The maximum absolute atomic E-state index is 13.6. The fourth-order valence-electron chi connectivity index (χ4n) is 1.63. The van der Waals surface area contributed by atoms with E-state index in [9.17, 15) is 13.6 Å². The minimum atomic E-state index is -0.663. The van der Waals surface area contributed by atoms with Gasteiger partial charge in [0.2, 0.25) is 0 Å². The van der Waals surface area contributed by atoms with Crippen molar-refractivity contribution in [3.8, 4) is 5.75 Å². The molecular weight excluding hydrogens is 318 g/mol. The van der Waals surface area contributed by atoms with E-state index in [1.165, 1.54) is 37.4 Å². The summed E-state index contributed by atoms with van der Waals surface area (Å²) in [6, 6.07) is 7.78. The molecule has 0 atom stereocenters. The van der Waals surface area contributed by atoms with E-state index in [1.807, 2.05) is 0 Å². The predicted molar refractivity (Wildman–Crippen MR) is 70.5 cm³/mol. The van der Waals surface area contributed by atoms with Crippen molar-refractivity contribution in [2.24, 2.45) is 0 Å². The first-order valence-corrected chi connectivity index (χ1v) is 6.15. The van der Waals surface area contributed by atoms with E-state index in [4.69, 9.17) is 4.74 Å². The first-order valence-electron chi connectivity index (χ1n) is 5.36. The molecule has 0 saturated carbocycles. The van der Waals surface area contributed by atoms with E-state index < -0.39 is 17.4 Å². The summed E-state index contributed by atoms with van der Waals surface area (Å²) < 4.78 is 32.5. The van der Waals surface area contributed by atoms with Crippen molar-refractivity contribution in [2.45, 2.75) is 0 Å². The van der Waals surface area contributed by atoms with Gasteiger partial charge in [0.1, 0.15) is 5.82 Å². The number of hydrogen-bond donors (Lipinski definition) is 0. The number of carbonyl (C=O) groups is 1. The highest BCUT2D eigenvalue weighted by atomic mass is 79.9. The molecule has 0 aliphatic carbocycles. The van der Waals surface area contributed by atoms with E-state index in [1.54, 1.807) is 0 Å². The van der Waals surface area contributed by atoms with Crippen LogP contribution in [0.5, 0.6) is 5.75 Å². The molecule has 0 N–H and O–H groups in total. The van der Waals surface area contributed by atoms with Crippen LogP contribution in [0, 0.1) is 11.6 Å². The van der Waals surface area contributed by atoms with E-state index in [0.717, 1.165) is 6.07 Å². The van der Waals surface area contributed by atoms with Crippen LogP contribution < -0.4 is 4.74 Å². The minimum absolute atomic E-state index is 0.0336. The molecule has 2 rings (SSSR count). The molecule has 0 aliphatic rings. The summed E-state index contributed by atoms with van der Waals surface area (Å²) in [5.41, 5.74) is -0.0470. The molecule has 19 heavy (non-hydrogen) atoms. The highest BCUT2D eigenvalue weighted by Gasteiger charge is 2.16. The first kappa shape index (κ1) is 13.7. The van der Waals surface area contributed by atoms with Gasteiger partial charge in [-0.2, -0.15) is 0 Å². The number of benzene rings is 2. The van der Waals surface area contributed by atoms with E-state index in [2.05, 4.69) is 15.9 Å². The summed E-state index contributed by atoms with van der Waals surface area (Å²) in [5.74, 6) is -1.86. The Morgan fingerprint density at radius 2 is 1.84 bits per heavy atom. The van der Waals surface area contributed by atoms with Gasteiger partial charge in [-0.25, -0.2) is 8.78 Å². The van der Waals surface area contributed by atoms with Crippen molar-refractivity contribution in [2.75, 3.05) is 7.11 Å². The van der Waals surface area contributed by atoms with Crippen LogP contribution >= 0.6 is 15.9 Å². The van der Waals surface area contributed by atoms with Gasteiger partial charge in [0, 0.05) is 10.0 Å². The number of methoxy groups -OCH3 is 1. The van der Waals surface area contributed by atoms with Crippen molar-refractivity contribution in [1.82, 2.24) is 0 Å². The fraction of sp³-hybridized carbons (Fsp3) is 0.0714. The standard InChI is InChI=1S/C14H9BrF2O2/c1-19-13-5-2-8(6-12(13)17)14(18)10-7-9(15)3-4-11(10)16/h2-7H,1H3. The molecule has 0 radical (unpaired) electrons. The number of hydrogen-bond acceptors (Lipinski definition) is 2. The van der Waals surface area contributed by atoms with Gasteiger partial charge in [0.05, 0.1) is 12.7 Å². The van der Waals surface area contributed by atoms with Crippen molar-refractivity contribution in [1.29, 1.82) is 0 Å². The van der Waals surface area contributed by atoms with Crippen molar-refractivity contribution >= 4 is 21.7 Å². The van der Waals surface area contributed by atoms with Gasteiger partial charge in [-0.05, 0) is 36.4 Å². The Balaban J connectivity index is 2.44. The van der Waals surface area contributed by atoms with Gasteiger partial charge >= 0.3 is 0 Å².